The van der Waals surface area contributed by atoms with Gasteiger partial charge in [-0.05, 0) is 0 Å². The van der Waals surface area contributed by atoms with Gasteiger partial charge >= 0.3 is 0 Å². The number of nitrogens with zero attached hydrogens (tertiary/aromatic N) is 1. The summed E-state index contributed by atoms with van der Waals surface area (Å²) in [5, 5.41) is 13.6. The van der Waals surface area contributed by atoms with E-state index in [4.69, 9.17) is 15.3 Å². The van der Waals surface area contributed by atoms with E-state index in [1.807, 2.05) is 0 Å². The first-order valence-corrected chi connectivity index (χ1v) is 0.565. The van der Waals surface area contributed by atoms with E-state index in [-0.39, 0.29) is 40.8 Å². The zero-order valence-corrected chi connectivity index (χ0v) is 5.42. The van der Waals surface area contributed by atoms with Crippen molar-refractivity contribution >= 4 is 0 Å². The van der Waals surface area contributed by atoms with E-state index in [1.165, 1.54) is 0 Å². The molecular formula is HNNdO3. The maximum Gasteiger partial charge on any atom is 0.291 e. The second kappa shape index (κ2) is 4.55. The summed E-state index contributed by atoms with van der Waals surface area (Å²) in [5.41, 5.74) is 0. The van der Waals surface area contributed by atoms with Crippen LogP contribution in [0.15, 0.2) is 0 Å². The van der Waals surface area contributed by atoms with E-state index < -0.39 is 5.09 Å². The van der Waals surface area contributed by atoms with Gasteiger partial charge in [-0.3, -0.25) is 0 Å². The summed E-state index contributed by atoms with van der Waals surface area (Å²) in [4.78, 5) is 8.36. The Morgan fingerprint density at radius 3 is 1.80 bits per heavy atom. The zero-order valence-electron chi connectivity index (χ0n) is 2.21. The minimum absolute atomic E-state index is 0. The summed E-state index contributed by atoms with van der Waals surface area (Å²) in [6.45, 7) is 0. The van der Waals surface area contributed by atoms with Gasteiger partial charge in [-0.1, -0.05) is 0 Å². The maximum absolute atomic E-state index is 8.36. The van der Waals surface area contributed by atoms with E-state index in [0.717, 1.165) is 0 Å². The van der Waals surface area contributed by atoms with Gasteiger partial charge in [0, 0.05) is 40.8 Å². The summed E-state index contributed by atoms with van der Waals surface area (Å²) < 4.78 is 0. The molecule has 4 nitrogen and oxygen atoms in total. The molecule has 0 aliphatic carbocycles. The van der Waals surface area contributed by atoms with Crippen LogP contribution in [0.25, 0.3) is 0 Å². The summed E-state index contributed by atoms with van der Waals surface area (Å²) in [5.74, 6) is 0. The Bertz CT molecular complexity index is 29.9. The summed E-state index contributed by atoms with van der Waals surface area (Å²) in [6.07, 6.45) is 0. The van der Waals surface area contributed by atoms with Crippen molar-refractivity contribution in [1.82, 2.24) is 0 Å². The third-order valence-corrected chi connectivity index (χ3v) is 0. The predicted molar refractivity (Wildman–Crippen MR) is 8.78 cm³/mol. The van der Waals surface area contributed by atoms with Gasteiger partial charge in [0.1, 0.15) is 0 Å². The molecule has 0 unspecified atom stereocenters. The fourth-order valence-electron chi connectivity index (χ4n) is 0. The van der Waals surface area contributed by atoms with Crippen LogP contribution in [-0.4, -0.2) is 10.3 Å². The molecule has 0 aliphatic heterocycles. The van der Waals surface area contributed by atoms with Crippen molar-refractivity contribution in [3.63, 3.8) is 0 Å². The van der Waals surface area contributed by atoms with Crippen LogP contribution in [0.3, 0.4) is 0 Å². The summed E-state index contributed by atoms with van der Waals surface area (Å²) in [7, 11) is 0. The van der Waals surface area contributed by atoms with Crippen molar-refractivity contribution in [2.24, 2.45) is 0 Å². The Morgan fingerprint density at radius 2 is 1.80 bits per heavy atom. The van der Waals surface area contributed by atoms with Crippen molar-refractivity contribution in [3.8, 4) is 0 Å². The maximum atomic E-state index is 8.36. The minimum atomic E-state index is -1.50. The topological polar surface area (TPSA) is 63.4 Å². The van der Waals surface area contributed by atoms with Crippen LogP contribution in [-0.2, 0) is 0 Å². The number of hydrogen-bond acceptors (Lipinski definition) is 2. The molecule has 28 valence electrons. The molecule has 0 aromatic heterocycles. The molecule has 0 aromatic carbocycles. The molecule has 0 aliphatic rings. The van der Waals surface area contributed by atoms with Gasteiger partial charge in [0.15, 0.2) is 0 Å². The first kappa shape index (κ1) is 9.12. The minimum Gasteiger partial charge on any atom is -0.328 e. The fourth-order valence-corrected chi connectivity index (χ4v) is 0. The Hall–Kier alpha value is 0.551. The molecule has 0 saturated carbocycles. The zero-order chi connectivity index (χ0) is 3.58. The summed E-state index contributed by atoms with van der Waals surface area (Å²) in [6, 6.07) is 0. The molecule has 5 heavy (non-hydrogen) atoms. The van der Waals surface area contributed by atoms with Crippen molar-refractivity contribution in [3.05, 3.63) is 10.1 Å². The van der Waals surface area contributed by atoms with E-state index in [0.29, 0.717) is 0 Å². The number of rotatable bonds is 0. The standard InChI is InChI=1S/HNO3.Nd/c2-1(3)4;/h(H,2,3,4);. The third kappa shape index (κ3) is 97.6. The van der Waals surface area contributed by atoms with Gasteiger partial charge in [-0.25, -0.2) is 0 Å². The van der Waals surface area contributed by atoms with Gasteiger partial charge in [0.2, 0.25) is 0 Å². The normalized spacial score (nSPS) is 4.80. The van der Waals surface area contributed by atoms with Gasteiger partial charge in [-0.2, -0.15) is 0 Å². The average Bonchev–Trinajstić information content (AvgIpc) is 0.811. The van der Waals surface area contributed by atoms with Crippen LogP contribution in [0.1, 0.15) is 0 Å². The van der Waals surface area contributed by atoms with Crippen molar-refractivity contribution in [1.29, 1.82) is 0 Å². The van der Waals surface area contributed by atoms with Crippen molar-refractivity contribution in [2.45, 2.75) is 0 Å². The average molecular weight is 207 g/mol. The predicted octanol–water partition coefficient (Wildman–Crippen LogP) is -0.348. The van der Waals surface area contributed by atoms with Crippen LogP contribution in [0, 0.1) is 51.0 Å². The van der Waals surface area contributed by atoms with E-state index in [2.05, 4.69) is 0 Å². The first-order chi connectivity index (χ1) is 1.73. The van der Waals surface area contributed by atoms with Crippen LogP contribution in [0.2, 0.25) is 0 Å². The second-order valence-corrected chi connectivity index (χ2v) is 0.238. The molecule has 0 amide bonds. The monoisotopic (exact) mass is 205 g/mol. The Kier molecular flexibility index (Phi) is 8.30. The quantitative estimate of drug-likeness (QED) is 0.436. The van der Waals surface area contributed by atoms with Gasteiger partial charge < -0.3 is 5.21 Å². The molecular weight excluding hydrogens is 206 g/mol. The molecule has 0 rings (SSSR count). The van der Waals surface area contributed by atoms with Crippen molar-refractivity contribution in [2.75, 3.05) is 0 Å². The smallest absolute Gasteiger partial charge is 0.291 e. The summed E-state index contributed by atoms with van der Waals surface area (Å²) >= 11 is 0. The van der Waals surface area contributed by atoms with Crippen LogP contribution in [0.4, 0.5) is 0 Å². The van der Waals surface area contributed by atoms with Crippen LogP contribution >= 0.6 is 0 Å². The van der Waals surface area contributed by atoms with E-state index in [9.17, 15) is 0 Å². The molecule has 5 heteroatoms. The molecule has 0 saturated heterocycles. The molecule has 0 bridgehead atoms. The van der Waals surface area contributed by atoms with Gasteiger partial charge in [0.05, 0.1) is 0 Å². The largest absolute Gasteiger partial charge is 0.328 e. The van der Waals surface area contributed by atoms with Gasteiger partial charge in [0.25, 0.3) is 5.09 Å². The SMILES string of the molecule is O=[N+]([O-])O.[Nd]. The Balaban J connectivity index is 0. The van der Waals surface area contributed by atoms with E-state index in [1.54, 1.807) is 0 Å². The second-order valence-electron chi connectivity index (χ2n) is 0.238. The molecule has 0 fully saturated rings. The molecule has 0 radical (unpaired) electrons. The Morgan fingerprint density at radius 1 is 1.80 bits per heavy atom. The fraction of sp³-hybridized carbons (Fsp3) is 0. The third-order valence-electron chi connectivity index (χ3n) is 0. The molecule has 0 atom stereocenters. The van der Waals surface area contributed by atoms with Crippen LogP contribution in [0.5, 0.6) is 0 Å². The molecule has 0 heterocycles. The van der Waals surface area contributed by atoms with Crippen molar-refractivity contribution < 1.29 is 51.1 Å². The number of hydrogen-bond donors (Lipinski definition) is 1. The van der Waals surface area contributed by atoms with Gasteiger partial charge in [-0.15, -0.1) is 10.1 Å². The molecule has 0 spiro atoms. The molecule has 0 aromatic rings. The van der Waals surface area contributed by atoms with Crippen LogP contribution < -0.4 is 0 Å². The molecule has 1 N–H and O–H groups in total. The first-order valence-electron chi connectivity index (χ1n) is 0.565. The Labute approximate surface area is 60.8 Å². The van der Waals surface area contributed by atoms with E-state index >= 15 is 0 Å².